The fraction of sp³-hybridized carbons (Fsp3) is 0.222. The normalized spacial score (nSPS) is 11.5. The fourth-order valence-electron chi connectivity index (χ4n) is 1.90. The standard InChI is InChI=1S/C18H18O/c1-3-15-7-9-16(10-8-15)11-12-18(19)17-6-4-5-14(2)13-17/h4-10,13,18-19H,3H2,1-2H3. The van der Waals surface area contributed by atoms with E-state index >= 15 is 0 Å². The minimum Gasteiger partial charge on any atom is -0.376 e. The Kier molecular flexibility index (Phi) is 4.39. The molecule has 2 aromatic carbocycles. The first kappa shape index (κ1) is 13.4. The lowest BCUT2D eigenvalue weighted by Crippen LogP contribution is -1.94. The largest absolute Gasteiger partial charge is 0.376 e. The molecule has 2 aromatic rings. The van der Waals surface area contributed by atoms with E-state index in [1.54, 1.807) is 0 Å². The van der Waals surface area contributed by atoms with Crippen LogP contribution >= 0.6 is 0 Å². The maximum Gasteiger partial charge on any atom is 0.140 e. The van der Waals surface area contributed by atoms with Crippen LogP contribution in [0.25, 0.3) is 0 Å². The fourth-order valence-corrected chi connectivity index (χ4v) is 1.90. The van der Waals surface area contributed by atoms with Gasteiger partial charge in [0.2, 0.25) is 0 Å². The number of benzene rings is 2. The topological polar surface area (TPSA) is 20.2 Å². The molecule has 1 atom stereocenters. The molecule has 0 bridgehead atoms. The van der Waals surface area contributed by atoms with E-state index < -0.39 is 6.10 Å². The molecule has 1 unspecified atom stereocenters. The molecule has 2 rings (SSSR count). The molecular formula is C18H18O. The number of aliphatic hydroxyl groups is 1. The van der Waals surface area contributed by atoms with E-state index in [-0.39, 0.29) is 0 Å². The van der Waals surface area contributed by atoms with Crippen LogP contribution in [-0.4, -0.2) is 5.11 Å². The van der Waals surface area contributed by atoms with Gasteiger partial charge in [-0.3, -0.25) is 0 Å². The van der Waals surface area contributed by atoms with Gasteiger partial charge in [0.1, 0.15) is 6.10 Å². The van der Waals surface area contributed by atoms with E-state index in [1.807, 2.05) is 43.3 Å². The van der Waals surface area contributed by atoms with Crippen LogP contribution in [0.2, 0.25) is 0 Å². The smallest absolute Gasteiger partial charge is 0.140 e. The molecule has 96 valence electrons. The lowest BCUT2D eigenvalue weighted by atomic mass is 10.1. The summed E-state index contributed by atoms with van der Waals surface area (Å²) in [5.41, 5.74) is 4.21. The van der Waals surface area contributed by atoms with Crippen LogP contribution in [0.5, 0.6) is 0 Å². The molecule has 1 nitrogen and oxygen atoms in total. The highest BCUT2D eigenvalue weighted by Gasteiger charge is 2.02. The molecular weight excluding hydrogens is 232 g/mol. The molecule has 0 spiro atoms. The van der Waals surface area contributed by atoms with Gasteiger partial charge in [-0.05, 0) is 36.6 Å². The Morgan fingerprint density at radius 2 is 1.84 bits per heavy atom. The van der Waals surface area contributed by atoms with Crippen LogP contribution in [0, 0.1) is 18.8 Å². The van der Waals surface area contributed by atoms with Crippen molar-refractivity contribution >= 4 is 0 Å². The Bertz CT molecular complexity index is 600. The van der Waals surface area contributed by atoms with E-state index in [9.17, 15) is 5.11 Å². The van der Waals surface area contributed by atoms with Gasteiger partial charge < -0.3 is 5.11 Å². The van der Waals surface area contributed by atoms with E-state index in [0.29, 0.717) is 0 Å². The molecule has 0 radical (unpaired) electrons. The highest BCUT2D eigenvalue weighted by Crippen LogP contribution is 2.13. The van der Waals surface area contributed by atoms with Crippen molar-refractivity contribution in [1.29, 1.82) is 0 Å². The van der Waals surface area contributed by atoms with Gasteiger partial charge in [0.25, 0.3) is 0 Å². The van der Waals surface area contributed by atoms with E-state index in [0.717, 1.165) is 23.1 Å². The summed E-state index contributed by atoms with van der Waals surface area (Å²) in [6, 6.07) is 15.9. The van der Waals surface area contributed by atoms with Gasteiger partial charge in [0.05, 0.1) is 0 Å². The first-order valence-corrected chi connectivity index (χ1v) is 6.54. The number of aliphatic hydroxyl groups excluding tert-OH is 1. The molecule has 0 heterocycles. The lowest BCUT2D eigenvalue weighted by Gasteiger charge is -2.04. The second-order valence-corrected chi connectivity index (χ2v) is 4.64. The minimum absolute atomic E-state index is 0.731. The van der Waals surface area contributed by atoms with Gasteiger partial charge in [-0.2, -0.15) is 0 Å². The summed E-state index contributed by atoms with van der Waals surface area (Å²) >= 11 is 0. The highest BCUT2D eigenvalue weighted by molar-refractivity contribution is 5.38. The highest BCUT2D eigenvalue weighted by atomic mass is 16.3. The van der Waals surface area contributed by atoms with Crippen molar-refractivity contribution in [1.82, 2.24) is 0 Å². The zero-order valence-corrected chi connectivity index (χ0v) is 11.4. The summed E-state index contributed by atoms with van der Waals surface area (Å²) in [4.78, 5) is 0. The number of rotatable bonds is 2. The Morgan fingerprint density at radius 1 is 1.11 bits per heavy atom. The molecule has 19 heavy (non-hydrogen) atoms. The Morgan fingerprint density at radius 3 is 2.47 bits per heavy atom. The number of aryl methyl sites for hydroxylation is 2. The maximum absolute atomic E-state index is 10.0. The van der Waals surface area contributed by atoms with Crippen LogP contribution in [0.15, 0.2) is 48.5 Å². The molecule has 0 saturated carbocycles. The summed E-state index contributed by atoms with van der Waals surface area (Å²) in [6.45, 7) is 4.13. The summed E-state index contributed by atoms with van der Waals surface area (Å²) in [7, 11) is 0. The second kappa shape index (κ2) is 6.22. The zero-order chi connectivity index (χ0) is 13.7. The molecule has 0 saturated heterocycles. The van der Waals surface area contributed by atoms with Crippen LogP contribution in [0.3, 0.4) is 0 Å². The molecule has 1 N–H and O–H groups in total. The van der Waals surface area contributed by atoms with Crippen LogP contribution in [-0.2, 0) is 6.42 Å². The van der Waals surface area contributed by atoms with Crippen molar-refractivity contribution in [3.63, 3.8) is 0 Å². The van der Waals surface area contributed by atoms with Crippen molar-refractivity contribution in [2.45, 2.75) is 26.4 Å². The van der Waals surface area contributed by atoms with Crippen molar-refractivity contribution in [2.24, 2.45) is 0 Å². The van der Waals surface area contributed by atoms with Gasteiger partial charge in [0, 0.05) is 5.56 Å². The van der Waals surface area contributed by atoms with Crippen LogP contribution in [0.4, 0.5) is 0 Å². The van der Waals surface area contributed by atoms with Gasteiger partial charge >= 0.3 is 0 Å². The van der Waals surface area contributed by atoms with Gasteiger partial charge in [0.15, 0.2) is 0 Å². The van der Waals surface area contributed by atoms with E-state index in [2.05, 4.69) is 30.9 Å². The molecule has 0 aliphatic carbocycles. The first-order valence-electron chi connectivity index (χ1n) is 6.54. The number of hydrogen-bond acceptors (Lipinski definition) is 1. The van der Waals surface area contributed by atoms with Crippen molar-refractivity contribution in [2.75, 3.05) is 0 Å². The number of hydrogen-bond donors (Lipinski definition) is 1. The van der Waals surface area contributed by atoms with Gasteiger partial charge in [-0.1, -0.05) is 60.7 Å². The van der Waals surface area contributed by atoms with Crippen molar-refractivity contribution < 1.29 is 5.11 Å². The Hall–Kier alpha value is -2.04. The van der Waals surface area contributed by atoms with Crippen molar-refractivity contribution in [3.05, 3.63) is 70.8 Å². The summed E-state index contributed by atoms with van der Waals surface area (Å²) < 4.78 is 0. The third-order valence-electron chi connectivity index (χ3n) is 3.07. The van der Waals surface area contributed by atoms with Crippen LogP contribution < -0.4 is 0 Å². The molecule has 1 heteroatoms. The molecule has 0 amide bonds. The average Bonchev–Trinajstić information content (AvgIpc) is 2.45. The maximum atomic E-state index is 10.0. The molecule has 0 fully saturated rings. The summed E-state index contributed by atoms with van der Waals surface area (Å²) in [6.07, 6.45) is 0.297. The third kappa shape index (κ3) is 3.71. The van der Waals surface area contributed by atoms with E-state index in [4.69, 9.17) is 0 Å². The molecule has 0 aliphatic rings. The quantitative estimate of drug-likeness (QED) is 0.807. The third-order valence-corrected chi connectivity index (χ3v) is 3.07. The SMILES string of the molecule is CCc1ccc(C#CC(O)c2cccc(C)c2)cc1. The monoisotopic (exact) mass is 250 g/mol. The van der Waals surface area contributed by atoms with Crippen molar-refractivity contribution in [3.8, 4) is 11.8 Å². The second-order valence-electron chi connectivity index (χ2n) is 4.64. The van der Waals surface area contributed by atoms with E-state index in [1.165, 1.54) is 5.56 Å². The predicted molar refractivity (Wildman–Crippen MR) is 78.8 cm³/mol. The Balaban J connectivity index is 2.14. The zero-order valence-electron chi connectivity index (χ0n) is 11.4. The van der Waals surface area contributed by atoms with Gasteiger partial charge in [-0.15, -0.1) is 0 Å². The summed E-state index contributed by atoms with van der Waals surface area (Å²) in [5.74, 6) is 5.90. The minimum atomic E-state index is -0.731. The molecule has 0 aliphatic heterocycles. The van der Waals surface area contributed by atoms with Crippen LogP contribution in [0.1, 0.15) is 35.3 Å². The lowest BCUT2D eigenvalue weighted by molar-refractivity contribution is 0.238. The average molecular weight is 250 g/mol. The Labute approximate surface area is 114 Å². The molecule has 0 aromatic heterocycles. The summed E-state index contributed by atoms with van der Waals surface area (Å²) in [5, 5.41) is 10.0. The van der Waals surface area contributed by atoms with Gasteiger partial charge in [-0.25, -0.2) is 0 Å². The predicted octanol–water partition coefficient (Wildman–Crippen LogP) is 3.64. The first-order chi connectivity index (χ1) is 9.19.